The lowest BCUT2D eigenvalue weighted by molar-refractivity contribution is 0.0213. The summed E-state index contributed by atoms with van der Waals surface area (Å²) in [6.45, 7) is 0.661. The molecule has 0 aromatic carbocycles. The molecule has 1 heterocycles. The van der Waals surface area contributed by atoms with Gasteiger partial charge in [-0.3, -0.25) is 10.3 Å². The van der Waals surface area contributed by atoms with E-state index >= 15 is 0 Å². The number of amidine groups is 1. The second kappa shape index (κ2) is 3.85. The Hall–Kier alpha value is -0.940. The maximum Gasteiger partial charge on any atom is 0.119 e. The molecule has 0 aliphatic carbocycles. The predicted octanol–water partition coefficient (Wildman–Crippen LogP) is -0.432. The number of likely N-dealkylation sites (N-methyl/N-ethyl adjacent to an activating group) is 2. The van der Waals surface area contributed by atoms with Crippen LogP contribution < -0.4 is 0 Å². The Bertz CT molecular complexity index is 218. The third-order valence-corrected chi connectivity index (χ3v) is 2.48. The van der Waals surface area contributed by atoms with Crippen LogP contribution in [0.25, 0.3) is 0 Å². The van der Waals surface area contributed by atoms with Gasteiger partial charge in [0, 0.05) is 26.2 Å². The molecule has 0 bridgehead atoms. The zero-order chi connectivity index (χ0) is 10.0. The molecule has 1 saturated heterocycles. The van der Waals surface area contributed by atoms with Crippen molar-refractivity contribution in [2.24, 2.45) is 0 Å². The van der Waals surface area contributed by atoms with Crippen LogP contribution in [-0.2, 0) is 0 Å². The summed E-state index contributed by atoms with van der Waals surface area (Å²) in [6.07, 6.45) is 1.24. The fraction of sp³-hybridized carbons (Fsp3) is 0.750. The minimum absolute atomic E-state index is 0.369. The molecular weight excluding hydrogens is 168 g/mol. The van der Waals surface area contributed by atoms with Gasteiger partial charge in [-0.2, -0.15) is 0 Å². The first-order valence-corrected chi connectivity index (χ1v) is 4.28. The maximum absolute atomic E-state index is 9.59. The maximum atomic E-state index is 9.59. The number of nitrogens with one attached hydrogen (secondary N) is 2. The van der Waals surface area contributed by atoms with E-state index in [9.17, 15) is 5.11 Å². The SMILES string of the molecule is CN1CCC(O)N(C)C(C=N)C1=N. The molecule has 1 fully saturated rings. The average molecular weight is 184 g/mol. The summed E-state index contributed by atoms with van der Waals surface area (Å²) in [7, 11) is 3.54. The number of hydrogen-bond donors (Lipinski definition) is 3. The van der Waals surface area contributed by atoms with Crippen LogP contribution in [-0.4, -0.2) is 59.9 Å². The van der Waals surface area contributed by atoms with Gasteiger partial charge in [-0.05, 0) is 7.05 Å². The Morgan fingerprint density at radius 3 is 2.69 bits per heavy atom. The van der Waals surface area contributed by atoms with Crippen molar-refractivity contribution in [2.75, 3.05) is 20.6 Å². The van der Waals surface area contributed by atoms with Gasteiger partial charge >= 0.3 is 0 Å². The van der Waals surface area contributed by atoms with Crippen molar-refractivity contribution in [3.05, 3.63) is 0 Å². The second-order valence-electron chi connectivity index (χ2n) is 3.35. The Balaban J connectivity index is 2.86. The van der Waals surface area contributed by atoms with E-state index in [1.54, 1.807) is 16.8 Å². The Morgan fingerprint density at radius 2 is 2.15 bits per heavy atom. The minimum Gasteiger partial charge on any atom is -0.378 e. The van der Waals surface area contributed by atoms with Gasteiger partial charge in [0.2, 0.25) is 0 Å². The third-order valence-electron chi connectivity index (χ3n) is 2.48. The van der Waals surface area contributed by atoms with Crippen LogP contribution in [0.2, 0.25) is 0 Å². The molecule has 5 heteroatoms. The summed E-state index contributed by atoms with van der Waals surface area (Å²) in [5.41, 5.74) is 0. The molecule has 74 valence electrons. The highest BCUT2D eigenvalue weighted by molar-refractivity contribution is 5.98. The molecule has 0 radical (unpaired) electrons. The lowest BCUT2D eigenvalue weighted by Gasteiger charge is -2.27. The monoisotopic (exact) mass is 184 g/mol. The lowest BCUT2D eigenvalue weighted by atomic mass is 10.2. The predicted molar refractivity (Wildman–Crippen MR) is 51.3 cm³/mol. The Morgan fingerprint density at radius 1 is 1.54 bits per heavy atom. The molecule has 13 heavy (non-hydrogen) atoms. The minimum atomic E-state index is -0.558. The van der Waals surface area contributed by atoms with Gasteiger partial charge in [0.05, 0.1) is 0 Å². The molecule has 2 atom stereocenters. The highest BCUT2D eigenvalue weighted by Gasteiger charge is 2.28. The molecule has 3 N–H and O–H groups in total. The molecule has 0 aromatic rings. The quantitative estimate of drug-likeness (QED) is 0.484. The van der Waals surface area contributed by atoms with Crippen molar-refractivity contribution in [2.45, 2.75) is 18.7 Å². The van der Waals surface area contributed by atoms with Crippen LogP contribution in [0.3, 0.4) is 0 Å². The molecule has 1 aliphatic heterocycles. The number of rotatable bonds is 1. The molecule has 0 saturated carbocycles. The van der Waals surface area contributed by atoms with Crippen molar-refractivity contribution in [1.82, 2.24) is 9.80 Å². The number of nitrogens with zero attached hydrogens (tertiary/aromatic N) is 2. The lowest BCUT2D eigenvalue weighted by Crippen LogP contribution is -2.46. The first-order valence-electron chi connectivity index (χ1n) is 4.28. The zero-order valence-electron chi connectivity index (χ0n) is 7.99. The van der Waals surface area contributed by atoms with E-state index in [2.05, 4.69) is 0 Å². The van der Waals surface area contributed by atoms with Gasteiger partial charge < -0.3 is 15.4 Å². The normalized spacial score (nSPS) is 31.6. The summed E-state index contributed by atoms with van der Waals surface area (Å²) in [4.78, 5) is 3.40. The standard InChI is InChI=1S/C8H16N4O/c1-11-4-3-7(13)12(2)6(5-9)8(11)10/h5-7,9-10,13H,3-4H2,1-2H3. The average Bonchev–Trinajstić information content (AvgIpc) is 2.20. The van der Waals surface area contributed by atoms with Crippen LogP contribution in [0, 0.1) is 10.8 Å². The van der Waals surface area contributed by atoms with Crippen LogP contribution in [0.1, 0.15) is 6.42 Å². The Kier molecular flexibility index (Phi) is 3.00. The summed E-state index contributed by atoms with van der Waals surface area (Å²) in [6, 6.07) is -0.400. The molecular formula is C8H16N4O. The van der Waals surface area contributed by atoms with E-state index in [1.165, 1.54) is 6.21 Å². The number of hydrogen-bond acceptors (Lipinski definition) is 4. The highest BCUT2D eigenvalue weighted by atomic mass is 16.3. The van der Waals surface area contributed by atoms with Gasteiger partial charge in [0.1, 0.15) is 18.1 Å². The van der Waals surface area contributed by atoms with Crippen molar-refractivity contribution >= 4 is 12.1 Å². The molecule has 0 spiro atoms. The van der Waals surface area contributed by atoms with Crippen LogP contribution in [0.4, 0.5) is 0 Å². The van der Waals surface area contributed by atoms with Crippen molar-refractivity contribution in [3.8, 4) is 0 Å². The molecule has 0 aromatic heterocycles. The van der Waals surface area contributed by atoms with E-state index < -0.39 is 12.3 Å². The van der Waals surface area contributed by atoms with E-state index in [-0.39, 0.29) is 0 Å². The van der Waals surface area contributed by atoms with E-state index in [0.29, 0.717) is 18.8 Å². The van der Waals surface area contributed by atoms with Gasteiger partial charge in [-0.15, -0.1) is 0 Å². The summed E-state index contributed by atoms with van der Waals surface area (Å²) in [5, 5.41) is 24.5. The second-order valence-corrected chi connectivity index (χ2v) is 3.35. The first-order chi connectivity index (χ1) is 6.07. The zero-order valence-corrected chi connectivity index (χ0v) is 7.99. The van der Waals surface area contributed by atoms with Gasteiger partial charge in [0.15, 0.2) is 0 Å². The van der Waals surface area contributed by atoms with Crippen LogP contribution >= 0.6 is 0 Å². The van der Waals surface area contributed by atoms with Crippen molar-refractivity contribution in [3.63, 3.8) is 0 Å². The van der Waals surface area contributed by atoms with Crippen LogP contribution in [0.5, 0.6) is 0 Å². The van der Waals surface area contributed by atoms with Crippen LogP contribution in [0.15, 0.2) is 0 Å². The molecule has 2 unspecified atom stereocenters. The van der Waals surface area contributed by atoms with Gasteiger partial charge in [-0.25, -0.2) is 0 Å². The fourth-order valence-corrected chi connectivity index (χ4v) is 1.43. The number of aliphatic hydroxyl groups excluding tert-OH is 1. The summed E-state index contributed by atoms with van der Waals surface area (Å²) in [5.74, 6) is 0.369. The first kappa shape index (κ1) is 10.1. The van der Waals surface area contributed by atoms with Crippen molar-refractivity contribution < 1.29 is 5.11 Å². The molecule has 5 nitrogen and oxygen atoms in total. The summed E-state index contributed by atoms with van der Waals surface area (Å²) < 4.78 is 0. The van der Waals surface area contributed by atoms with E-state index in [0.717, 1.165) is 0 Å². The van der Waals surface area contributed by atoms with E-state index in [1.807, 2.05) is 7.05 Å². The van der Waals surface area contributed by atoms with Gasteiger partial charge in [-0.1, -0.05) is 0 Å². The Labute approximate surface area is 78.0 Å². The fourth-order valence-electron chi connectivity index (χ4n) is 1.43. The highest BCUT2D eigenvalue weighted by Crippen LogP contribution is 2.11. The van der Waals surface area contributed by atoms with E-state index in [4.69, 9.17) is 10.8 Å². The largest absolute Gasteiger partial charge is 0.378 e. The molecule has 1 aliphatic rings. The number of aliphatic hydroxyl groups is 1. The third kappa shape index (κ3) is 1.87. The van der Waals surface area contributed by atoms with Crippen molar-refractivity contribution in [1.29, 1.82) is 10.8 Å². The summed E-state index contributed by atoms with van der Waals surface area (Å²) >= 11 is 0. The topological polar surface area (TPSA) is 74.4 Å². The molecule has 0 amide bonds. The molecule has 1 rings (SSSR count). The van der Waals surface area contributed by atoms with Gasteiger partial charge in [0.25, 0.3) is 0 Å². The smallest absolute Gasteiger partial charge is 0.119 e.